The van der Waals surface area contributed by atoms with E-state index in [1.807, 2.05) is 19.2 Å². The van der Waals surface area contributed by atoms with Crippen molar-refractivity contribution < 1.29 is 0 Å². The summed E-state index contributed by atoms with van der Waals surface area (Å²) in [4.78, 5) is 4.36. The third-order valence-electron chi connectivity index (χ3n) is 2.71. The van der Waals surface area contributed by atoms with Crippen LogP contribution in [0.5, 0.6) is 0 Å². The van der Waals surface area contributed by atoms with Gasteiger partial charge in [0.2, 0.25) is 0 Å². The highest BCUT2D eigenvalue weighted by molar-refractivity contribution is 6.30. The highest BCUT2D eigenvalue weighted by Gasteiger charge is 2.12. The summed E-state index contributed by atoms with van der Waals surface area (Å²) < 4.78 is 0. The van der Waals surface area contributed by atoms with E-state index in [-0.39, 0.29) is 6.04 Å². The monoisotopic (exact) mass is 246 g/mol. The number of hydrogen-bond donors (Lipinski definition) is 1. The Morgan fingerprint density at radius 3 is 2.65 bits per heavy atom. The first-order chi connectivity index (χ1) is 8.20. The molecule has 0 aliphatic heterocycles. The Hall–Kier alpha value is -1.38. The molecule has 2 nitrogen and oxygen atoms in total. The van der Waals surface area contributed by atoms with Crippen LogP contribution in [-0.4, -0.2) is 12.0 Å². The third kappa shape index (κ3) is 2.84. The molecule has 0 aliphatic rings. The summed E-state index contributed by atoms with van der Waals surface area (Å²) >= 11 is 5.85. The highest BCUT2D eigenvalue weighted by atomic mass is 35.5. The van der Waals surface area contributed by atoms with E-state index in [0.29, 0.717) is 5.02 Å². The highest BCUT2D eigenvalue weighted by Crippen LogP contribution is 2.21. The smallest absolute Gasteiger partial charge is 0.0749 e. The predicted octanol–water partition coefficient (Wildman–Crippen LogP) is 3.35. The zero-order valence-electron chi connectivity index (χ0n) is 9.94. The Kier molecular flexibility index (Phi) is 3.77. The van der Waals surface area contributed by atoms with Crippen LogP contribution in [0.1, 0.15) is 22.9 Å². The lowest BCUT2D eigenvalue weighted by Gasteiger charge is -2.16. The Morgan fingerprint density at radius 2 is 2.06 bits per heavy atom. The van der Waals surface area contributed by atoms with E-state index in [1.165, 1.54) is 11.1 Å². The van der Waals surface area contributed by atoms with E-state index in [2.05, 4.69) is 41.5 Å². The van der Waals surface area contributed by atoms with Crippen LogP contribution in [0.4, 0.5) is 0 Å². The van der Waals surface area contributed by atoms with Crippen LogP contribution in [0.2, 0.25) is 5.02 Å². The van der Waals surface area contributed by atoms with Crippen molar-refractivity contribution in [2.45, 2.75) is 13.0 Å². The average Bonchev–Trinajstić information content (AvgIpc) is 2.33. The van der Waals surface area contributed by atoms with Gasteiger partial charge in [0.1, 0.15) is 0 Å². The maximum atomic E-state index is 5.85. The van der Waals surface area contributed by atoms with Gasteiger partial charge in [0, 0.05) is 6.20 Å². The molecule has 1 aromatic carbocycles. The number of halogens is 1. The molecule has 1 N–H and O–H groups in total. The number of nitrogens with zero attached hydrogens (tertiary/aromatic N) is 1. The largest absolute Gasteiger partial charge is 0.308 e. The maximum Gasteiger partial charge on any atom is 0.0749 e. The number of aromatic nitrogens is 1. The van der Waals surface area contributed by atoms with Crippen LogP contribution in [0, 0.1) is 6.92 Å². The SMILES string of the molecule is CNC(c1cccc(C)c1)c1ccc(Cl)cn1. The van der Waals surface area contributed by atoms with Gasteiger partial charge in [-0.05, 0) is 31.7 Å². The Bertz CT molecular complexity index is 494. The first-order valence-electron chi connectivity index (χ1n) is 5.56. The van der Waals surface area contributed by atoms with Crippen molar-refractivity contribution in [1.82, 2.24) is 10.3 Å². The molecule has 88 valence electrons. The van der Waals surface area contributed by atoms with Crippen molar-refractivity contribution in [2.75, 3.05) is 7.05 Å². The predicted molar refractivity (Wildman–Crippen MR) is 71.3 cm³/mol. The molecule has 0 spiro atoms. The van der Waals surface area contributed by atoms with E-state index in [4.69, 9.17) is 11.6 Å². The third-order valence-corrected chi connectivity index (χ3v) is 2.93. The van der Waals surface area contributed by atoms with Gasteiger partial charge in [-0.3, -0.25) is 4.98 Å². The summed E-state index contributed by atoms with van der Waals surface area (Å²) in [5, 5.41) is 3.94. The van der Waals surface area contributed by atoms with Gasteiger partial charge >= 0.3 is 0 Å². The average molecular weight is 247 g/mol. The topological polar surface area (TPSA) is 24.9 Å². The second-order valence-corrected chi connectivity index (χ2v) is 4.47. The Morgan fingerprint density at radius 1 is 1.24 bits per heavy atom. The number of benzene rings is 1. The molecule has 1 atom stereocenters. The molecule has 1 heterocycles. The first kappa shape index (κ1) is 12.1. The van der Waals surface area contributed by atoms with Gasteiger partial charge in [0.05, 0.1) is 16.8 Å². The second kappa shape index (κ2) is 5.30. The fraction of sp³-hybridized carbons (Fsp3) is 0.214. The molecule has 0 aliphatic carbocycles. The van der Waals surface area contributed by atoms with Gasteiger partial charge in [0.25, 0.3) is 0 Å². The molecule has 0 radical (unpaired) electrons. The maximum absolute atomic E-state index is 5.85. The molecule has 3 heteroatoms. The quantitative estimate of drug-likeness (QED) is 0.899. The molecule has 2 aromatic rings. The zero-order chi connectivity index (χ0) is 12.3. The summed E-state index contributed by atoms with van der Waals surface area (Å²) in [6.07, 6.45) is 1.68. The number of hydrogen-bond acceptors (Lipinski definition) is 2. The van der Waals surface area contributed by atoms with E-state index >= 15 is 0 Å². The van der Waals surface area contributed by atoms with Crippen molar-refractivity contribution >= 4 is 11.6 Å². The second-order valence-electron chi connectivity index (χ2n) is 4.04. The van der Waals surface area contributed by atoms with Gasteiger partial charge in [0.15, 0.2) is 0 Å². The van der Waals surface area contributed by atoms with Gasteiger partial charge in [-0.25, -0.2) is 0 Å². The van der Waals surface area contributed by atoms with E-state index < -0.39 is 0 Å². The van der Waals surface area contributed by atoms with Gasteiger partial charge in [-0.15, -0.1) is 0 Å². The summed E-state index contributed by atoms with van der Waals surface area (Å²) in [6, 6.07) is 12.3. The molecule has 0 saturated carbocycles. The minimum absolute atomic E-state index is 0.104. The lowest BCUT2D eigenvalue weighted by atomic mass is 10.0. The van der Waals surface area contributed by atoms with Crippen molar-refractivity contribution in [3.8, 4) is 0 Å². The normalized spacial score (nSPS) is 12.4. The molecule has 0 fully saturated rings. The number of nitrogens with one attached hydrogen (secondary N) is 1. The van der Waals surface area contributed by atoms with Crippen molar-refractivity contribution in [2.24, 2.45) is 0 Å². The van der Waals surface area contributed by atoms with Crippen LogP contribution in [0.3, 0.4) is 0 Å². The lowest BCUT2D eigenvalue weighted by Crippen LogP contribution is -2.18. The summed E-state index contributed by atoms with van der Waals surface area (Å²) in [7, 11) is 1.93. The van der Waals surface area contributed by atoms with Gasteiger partial charge in [-0.2, -0.15) is 0 Å². The molecular formula is C14H15ClN2. The Balaban J connectivity index is 2.36. The standard InChI is InChI=1S/C14H15ClN2/c1-10-4-3-5-11(8-10)14(16-2)13-7-6-12(15)9-17-13/h3-9,14,16H,1-2H3. The van der Waals surface area contributed by atoms with Gasteiger partial charge < -0.3 is 5.32 Å². The summed E-state index contributed by atoms with van der Waals surface area (Å²) in [5.74, 6) is 0. The molecule has 2 rings (SSSR count). The van der Waals surface area contributed by atoms with Crippen LogP contribution < -0.4 is 5.32 Å². The summed E-state index contributed by atoms with van der Waals surface area (Å²) in [5.41, 5.74) is 3.43. The van der Waals surface area contributed by atoms with Crippen LogP contribution in [0.25, 0.3) is 0 Å². The first-order valence-corrected chi connectivity index (χ1v) is 5.94. The minimum atomic E-state index is 0.104. The number of rotatable bonds is 3. The molecule has 1 aromatic heterocycles. The molecular weight excluding hydrogens is 232 g/mol. The molecule has 1 unspecified atom stereocenters. The molecule has 0 amide bonds. The lowest BCUT2D eigenvalue weighted by molar-refractivity contribution is 0.670. The zero-order valence-corrected chi connectivity index (χ0v) is 10.7. The molecule has 0 bridgehead atoms. The fourth-order valence-electron chi connectivity index (χ4n) is 1.89. The van der Waals surface area contributed by atoms with E-state index in [9.17, 15) is 0 Å². The molecule has 17 heavy (non-hydrogen) atoms. The number of pyridine rings is 1. The van der Waals surface area contributed by atoms with Crippen molar-refractivity contribution in [1.29, 1.82) is 0 Å². The summed E-state index contributed by atoms with van der Waals surface area (Å²) in [6.45, 7) is 2.09. The van der Waals surface area contributed by atoms with Gasteiger partial charge in [-0.1, -0.05) is 41.4 Å². The van der Waals surface area contributed by atoms with Crippen LogP contribution in [0.15, 0.2) is 42.6 Å². The van der Waals surface area contributed by atoms with Crippen LogP contribution >= 0.6 is 11.6 Å². The van der Waals surface area contributed by atoms with E-state index in [1.54, 1.807) is 6.20 Å². The van der Waals surface area contributed by atoms with Crippen molar-refractivity contribution in [3.05, 3.63) is 64.4 Å². The fourth-order valence-corrected chi connectivity index (χ4v) is 2.00. The Labute approximate surface area is 107 Å². The minimum Gasteiger partial charge on any atom is -0.308 e. The number of aryl methyl sites for hydroxylation is 1. The van der Waals surface area contributed by atoms with Crippen LogP contribution in [-0.2, 0) is 0 Å². The van der Waals surface area contributed by atoms with E-state index in [0.717, 1.165) is 5.69 Å². The molecule has 0 saturated heterocycles. The van der Waals surface area contributed by atoms with Crippen molar-refractivity contribution in [3.63, 3.8) is 0 Å².